The first kappa shape index (κ1) is 15.4. The summed E-state index contributed by atoms with van der Waals surface area (Å²) in [5.74, 6) is 0. The van der Waals surface area contributed by atoms with Crippen molar-refractivity contribution >= 4 is 34.8 Å². The molecule has 4 heteroatoms. The number of benzene rings is 1. The number of alkyl halides is 1. The minimum Gasteiger partial charge on any atom is -0.378 e. The predicted octanol–water partition coefficient (Wildman–Crippen LogP) is 5.49. The van der Waals surface area contributed by atoms with Crippen LogP contribution in [-0.2, 0) is 11.2 Å². The van der Waals surface area contributed by atoms with Gasteiger partial charge in [-0.15, -0.1) is 11.6 Å². The van der Waals surface area contributed by atoms with Crippen LogP contribution in [0.15, 0.2) is 18.2 Å². The van der Waals surface area contributed by atoms with E-state index in [2.05, 4.69) is 0 Å². The van der Waals surface area contributed by atoms with Crippen molar-refractivity contribution in [3.63, 3.8) is 0 Å². The molecule has 0 bridgehead atoms. The third kappa shape index (κ3) is 5.15. The van der Waals surface area contributed by atoms with Gasteiger partial charge in [0.1, 0.15) is 0 Å². The van der Waals surface area contributed by atoms with Gasteiger partial charge in [-0.05, 0) is 56.2 Å². The number of rotatable bonds is 5. The maximum Gasteiger partial charge on any atom is 0.0595 e. The van der Waals surface area contributed by atoms with Crippen LogP contribution in [0.2, 0.25) is 10.0 Å². The highest BCUT2D eigenvalue weighted by Gasteiger charge is 2.16. The molecule has 1 fully saturated rings. The molecule has 0 aromatic heterocycles. The summed E-state index contributed by atoms with van der Waals surface area (Å²) < 4.78 is 5.72. The Morgan fingerprint density at radius 3 is 2.74 bits per heavy atom. The highest BCUT2D eigenvalue weighted by Crippen LogP contribution is 2.25. The maximum absolute atomic E-state index is 6.40. The van der Waals surface area contributed by atoms with Gasteiger partial charge in [0.05, 0.1) is 16.1 Å². The van der Waals surface area contributed by atoms with E-state index in [1.54, 1.807) is 0 Å². The Kier molecular flexibility index (Phi) is 6.28. The van der Waals surface area contributed by atoms with Gasteiger partial charge in [-0.2, -0.15) is 0 Å². The van der Waals surface area contributed by atoms with Gasteiger partial charge < -0.3 is 4.74 Å². The molecule has 2 unspecified atom stereocenters. The van der Waals surface area contributed by atoms with Crippen LogP contribution in [0.25, 0.3) is 0 Å². The van der Waals surface area contributed by atoms with Crippen molar-refractivity contribution in [3.8, 4) is 0 Å². The van der Waals surface area contributed by atoms with Gasteiger partial charge in [0.25, 0.3) is 0 Å². The zero-order valence-electron chi connectivity index (χ0n) is 10.9. The zero-order chi connectivity index (χ0) is 13.7. The van der Waals surface area contributed by atoms with Gasteiger partial charge >= 0.3 is 0 Å². The van der Waals surface area contributed by atoms with Crippen LogP contribution in [0.1, 0.15) is 37.7 Å². The quantitative estimate of drug-likeness (QED) is 0.651. The Hall–Kier alpha value is 0.0500. The third-order valence-electron chi connectivity index (χ3n) is 3.52. The van der Waals surface area contributed by atoms with Crippen LogP contribution in [0.5, 0.6) is 0 Å². The lowest BCUT2D eigenvalue weighted by molar-refractivity contribution is 0.0100. The van der Waals surface area contributed by atoms with E-state index >= 15 is 0 Å². The van der Waals surface area contributed by atoms with Crippen molar-refractivity contribution in [1.82, 2.24) is 0 Å². The zero-order valence-corrected chi connectivity index (χ0v) is 13.1. The molecular formula is C15H19Cl3O. The monoisotopic (exact) mass is 320 g/mol. The molecule has 0 radical (unpaired) electrons. The Labute approximate surface area is 130 Å². The van der Waals surface area contributed by atoms with Gasteiger partial charge in [-0.1, -0.05) is 29.3 Å². The lowest BCUT2D eigenvalue weighted by atomic mass is 10.0. The van der Waals surface area contributed by atoms with Crippen molar-refractivity contribution in [1.29, 1.82) is 0 Å². The molecule has 1 aromatic rings. The second kappa shape index (κ2) is 7.73. The summed E-state index contributed by atoms with van der Waals surface area (Å²) in [6.07, 6.45) is 6.92. The standard InChI is InChI=1S/C15H19Cl3O/c16-12(5-6-13-3-1-2-8-19-13)9-11-4-7-14(17)15(18)10-11/h4,7,10,12-13H,1-3,5-6,8-9H2. The Balaban J connectivity index is 1.76. The fraction of sp³-hybridized carbons (Fsp3) is 0.600. The number of ether oxygens (including phenoxy) is 1. The average Bonchev–Trinajstić information content (AvgIpc) is 2.42. The molecule has 0 saturated carbocycles. The SMILES string of the molecule is Clc1ccc(CC(Cl)CCC2CCCCO2)cc1Cl. The average molecular weight is 322 g/mol. The van der Waals surface area contributed by atoms with Crippen molar-refractivity contribution in [2.24, 2.45) is 0 Å². The molecule has 1 aliphatic rings. The molecule has 1 aliphatic heterocycles. The van der Waals surface area contributed by atoms with Gasteiger partial charge in [0, 0.05) is 12.0 Å². The van der Waals surface area contributed by atoms with E-state index in [0.717, 1.165) is 31.4 Å². The summed E-state index contributed by atoms with van der Waals surface area (Å²) in [6.45, 7) is 0.907. The van der Waals surface area contributed by atoms with Crippen molar-refractivity contribution in [2.45, 2.75) is 50.0 Å². The highest BCUT2D eigenvalue weighted by molar-refractivity contribution is 6.42. The molecule has 0 spiro atoms. The highest BCUT2D eigenvalue weighted by atomic mass is 35.5. The minimum atomic E-state index is 0.128. The van der Waals surface area contributed by atoms with E-state index in [-0.39, 0.29) is 5.38 Å². The number of hydrogen-bond acceptors (Lipinski definition) is 1. The van der Waals surface area contributed by atoms with Crippen LogP contribution >= 0.6 is 34.8 Å². The molecule has 0 aliphatic carbocycles. The van der Waals surface area contributed by atoms with E-state index in [0.29, 0.717) is 16.1 Å². The van der Waals surface area contributed by atoms with Gasteiger partial charge in [-0.3, -0.25) is 0 Å². The predicted molar refractivity (Wildman–Crippen MR) is 82.6 cm³/mol. The second-order valence-electron chi connectivity index (χ2n) is 5.12. The van der Waals surface area contributed by atoms with E-state index in [9.17, 15) is 0 Å². The molecule has 0 N–H and O–H groups in total. The fourth-order valence-corrected chi connectivity index (χ4v) is 3.05. The van der Waals surface area contributed by atoms with Crippen molar-refractivity contribution in [3.05, 3.63) is 33.8 Å². The largest absolute Gasteiger partial charge is 0.378 e. The minimum absolute atomic E-state index is 0.128. The summed E-state index contributed by atoms with van der Waals surface area (Å²) in [4.78, 5) is 0. The van der Waals surface area contributed by atoms with Crippen LogP contribution in [0.4, 0.5) is 0 Å². The number of halogens is 3. The van der Waals surface area contributed by atoms with E-state index in [1.807, 2.05) is 18.2 Å². The van der Waals surface area contributed by atoms with E-state index in [4.69, 9.17) is 39.5 Å². The summed E-state index contributed by atoms with van der Waals surface area (Å²) in [7, 11) is 0. The molecule has 1 saturated heterocycles. The second-order valence-corrected chi connectivity index (χ2v) is 6.55. The fourth-order valence-electron chi connectivity index (χ4n) is 2.43. The first-order valence-corrected chi connectivity index (χ1v) is 8.04. The van der Waals surface area contributed by atoms with Crippen LogP contribution in [0, 0.1) is 0 Å². The van der Waals surface area contributed by atoms with Gasteiger partial charge in [0.15, 0.2) is 0 Å². The van der Waals surface area contributed by atoms with E-state index in [1.165, 1.54) is 19.3 Å². The first-order valence-electron chi connectivity index (χ1n) is 6.85. The van der Waals surface area contributed by atoms with Gasteiger partial charge in [-0.25, -0.2) is 0 Å². The van der Waals surface area contributed by atoms with E-state index < -0.39 is 0 Å². The van der Waals surface area contributed by atoms with Crippen molar-refractivity contribution < 1.29 is 4.74 Å². The summed E-state index contributed by atoms with van der Waals surface area (Å²) in [6, 6.07) is 5.71. The van der Waals surface area contributed by atoms with Crippen LogP contribution < -0.4 is 0 Å². The summed E-state index contributed by atoms with van der Waals surface area (Å²) in [5, 5.41) is 1.31. The van der Waals surface area contributed by atoms with Crippen molar-refractivity contribution in [2.75, 3.05) is 6.61 Å². The molecule has 1 nitrogen and oxygen atoms in total. The number of hydrogen-bond donors (Lipinski definition) is 0. The normalized spacial score (nSPS) is 21.3. The Morgan fingerprint density at radius 2 is 2.05 bits per heavy atom. The maximum atomic E-state index is 6.40. The topological polar surface area (TPSA) is 9.23 Å². The summed E-state index contributed by atoms with van der Waals surface area (Å²) >= 11 is 18.3. The van der Waals surface area contributed by atoms with Crippen LogP contribution in [-0.4, -0.2) is 18.1 Å². The van der Waals surface area contributed by atoms with Crippen LogP contribution in [0.3, 0.4) is 0 Å². The third-order valence-corrected chi connectivity index (χ3v) is 4.63. The summed E-state index contributed by atoms with van der Waals surface area (Å²) in [5.41, 5.74) is 1.14. The first-order chi connectivity index (χ1) is 9.15. The smallest absolute Gasteiger partial charge is 0.0595 e. The molecule has 106 valence electrons. The molecular weight excluding hydrogens is 303 g/mol. The molecule has 2 atom stereocenters. The van der Waals surface area contributed by atoms with Gasteiger partial charge in [0.2, 0.25) is 0 Å². The Bertz CT molecular complexity index is 402. The molecule has 19 heavy (non-hydrogen) atoms. The Morgan fingerprint density at radius 1 is 1.21 bits per heavy atom. The molecule has 1 heterocycles. The molecule has 1 aromatic carbocycles. The lowest BCUT2D eigenvalue weighted by Gasteiger charge is -2.23. The molecule has 0 amide bonds. The molecule has 2 rings (SSSR count). The lowest BCUT2D eigenvalue weighted by Crippen LogP contribution is -2.20.